The highest BCUT2D eigenvalue weighted by Gasteiger charge is 2.16. The van der Waals surface area contributed by atoms with Crippen molar-refractivity contribution in [2.75, 3.05) is 20.0 Å². The Bertz CT molecular complexity index is 1190. The molecule has 0 unspecified atom stereocenters. The molecule has 3 rings (SSSR count). The number of benzene rings is 1. The largest absolute Gasteiger partial charge is 0.383 e. The third kappa shape index (κ3) is 4.18. The zero-order valence-electron chi connectivity index (χ0n) is 15.3. The van der Waals surface area contributed by atoms with Gasteiger partial charge in [-0.2, -0.15) is 4.99 Å². The highest BCUT2D eigenvalue weighted by Crippen LogP contribution is 2.23. The molecule has 0 saturated heterocycles. The minimum absolute atomic E-state index is 0.238. The maximum Gasteiger partial charge on any atom is 0.291 e. The van der Waals surface area contributed by atoms with E-state index in [4.69, 9.17) is 4.74 Å². The molecule has 10 heteroatoms. The van der Waals surface area contributed by atoms with Crippen LogP contribution in [0.5, 0.6) is 0 Å². The van der Waals surface area contributed by atoms with Gasteiger partial charge in [0.25, 0.3) is 5.91 Å². The van der Waals surface area contributed by atoms with Crippen molar-refractivity contribution >= 4 is 48.6 Å². The summed E-state index contributed by atoms with van der Waals surface area (Å²) in [5.41, 5.74) is 1.48. The van der Waals surface area contributed by atoms with Crippen molar-refractivity contribution < 1.29 is 17.9 Å². The SMILES string of the molecule is COCCn1c(=NC(=O)c2sc(C)nc2C)sc2cc(S(C)(=O)=O)ccc21. The van der Waals surface area contributed by atoms with Crippen LogP contribution in [0.2, 0.25) is 0 Å². The fourth-order valence-electron chi connectivity index (χ4n) is 2.64. The van der Waals surface area contributed by atoms with Crippen molar-refractivity contribution in [2.45, 2.75) is 25.3 Å². The van der Waals surface area contributed by atoms with Crippen LogP contribution in [0.15, 0.2) is 28.1 Å². The molecule has 2 aromatic heterocycles. The molecular weight excluding hydrogens is 406 g/mol. The average Bonchev–Trinajstić information content (AvgIpc) is 3.10. The summed E-state index contributed by atoms with van der Waals surface area (Å²) in [7, 11) is -1.72. The van der Waals surface area contributed by atoms with E-state index < -0.39 is 9.84 Å². The summed E-state index contributed by atoms with van der Waals surface area (Å²) in [6, 6.07) is 4.92. The van der Waals surface area contributed by atoms with Gasteiger partial charge in [0, 0.05) is 19.9 Å². The average molecular weight is 426 g/mol. The number of carbonyl (C=O) groups excluding carboxylic acids is 1. The maximum absolute atomic E-state index is 12.6. The van der Waals surface area contributed by atoms with Gasteiger partial charge < -0.3 is 9.30 Å². The molecule has 27 heavy (non-hydrogen) atoms. The normalized spacial score (nSPS) is 12.8. The zero-order chi connectivity index (χ0) is 19.8. The van der Waals surface area contributed by atoms with E-state index in [2.05, 4.69) is 9.98 Å². The van der Waals surface area contributed by atoms with Gasteiger partial charge in [-0.15, -0.1) is 11.3 Å². The number of methoxy groups -OCH3 is 1. The molecule has 0 saturated carbocycles. The predicted octanol–water partition coefficient (Wildman–Crippen LogP) is 2.57. The number of hydrogen-bond acceptors (Lipinski definition) is 7. The zero-order valence-corrected chi connectivity index (χ0v) is 17.8. The van der Waals surface area contributed by atoms with Crippen LogP contribution in [0.4, 0.5) is 0 Å². The molecule has 0 aliphatic rings. The number of hydrogen-bond donors (Lipinski definition) is 0. The third-order valence-electron chi connectivity index (χ3n) is 3.90. The number of amides is 1. The van der Waals surface area contributed by atoms with E-state index >= 15 is 0 Å². The van der Waals surface area contributed by atoms with Crippen LogP contribution < -0.4 is 4.80 Å². The summed E-state index contributed by atoms with van der Waals surface area (Å²) in [6.07, 6.45) is 1.17. The number of thiazole rings is 2. The molecule has 144 valence electrons. The molecule has 0 fully saturated rings. The van der Waals surface area contributed by atoms with Gasteiger partial charge in [0.15, 0.2) is 14.6 Å². The van der Waals surface area contributed by atoms with E-state index in [9.17, 15) is 13.2 Å². The van der Waals surface area contributed by atoms with Crippen molar-refractivity contribution in [3.05, 3.63) is 38.6 Å². The number of sulfone groups is 1. The van der Waals surface area contributed by atoms with Crippen LogP contribution in [0.25, 0.3) is 10.2 Å². The summed E-state index contributed by atoms with van der Waals surface area (Å²) in [4.78, 5) is 22.5. The van der Waals surface area contributed by atoms with Crippen LogP contribution in [-0.2, 0) is 21.1 Å². The molecule has 0 spiro atoms. The number of carbonyl (C=O) groups is 1. The number of aromatic nitrogens is 2. The van der Waals surface area contributed by atoms with Crippen molar-refractivity contribution in [1.29, 1.82) is 0 Å². The quantitative estimate of drug-likeness (QED) is 0.627. The molecule has 0 bridgehead atoms. The summed E-state index contributed by atoms with van der Waals surface area (Å²) >= 11 is 2.60. The smallest absolute Gasteiger partial charge is 0.291 e. The van der Waals surface area contributed by atoms with Gasteiger partial charge in [-0.05, 0) is 32.0 Å². The number of ether oxygens (including phenoxy) is 1. The lowest BCUT2D eigenvalue weighted by atomic mass is 10.3. The molecule has 0 aliphatic carbocycles. The van der Waals surface area contributed by atoms with Crippen molar-refractivity contribution in [1.82, 2.24) is 9.55 Å². The Morgan fingerprint density at radius 1 is 1.30 bits per heavy atom. The van der Waals surface area contributed by atoms with E-state index in [-0.39, 0.29) is 10.8 Å². The summed E-state index contributed by atoms with van der Waals surface area (Å²) in [5.74, 6) is -0.348. The monoisotopic (exact) mass is 425 g/mol. The first-order chi connectivity index (χ1) is 12.7. The lowest BCUT2D eigenvalue weighted by Gasteiger charge is -2.04. The van der Waals surface area contributed by atoms with Crippen molar-refractivity contribution in [2.24, 2.45) is 4.99 Å². The van der Waals surface area contributed by atoms with Crippen LogP contribution in [-0.4, -0.2) is 43.8 Å². The fraction of sp³-hybridized carbons (Fsp3) is 0.353. The van der Waals surface area contributed by atoms with Gasteiger partial charge in [0.2, 0.25) is 0 Å². The van der Waals surface area contributed by atoms with E-state index in [0.717, 1.165) is 15.2 Å². The lowest BCUT2D eigenvalue weighted by Crippen LogP contribution is -2.19. The van der Waals surface area contributed by atoms with Gasteiger partial charge in [-0.25, -0.2) is 13.4 Å². The molecule has 2 heterocycles. The Balaban J connectivity index is 2.17. The highest BCUT2D eigenvalue weighted by molar-refractivity contribution is 7.90. The second-order valence-corrected chi connectivity index (χ2v) is 10.2. The third-order valence-corrected chi connectivity index (χ3v) is 7.11. The fourth-order valence-corrected chi connectivity index (χ4v) is 5.26. The predicted molar refractivity (Wildman–Crippen MR) is 106 cm³/mol. The second kappa shape index (κ2) is 7.63. The highest BCUT2D eigenvalue weighted by atomic mass is 32.2. The van der Waals surface area contributed by atoms with Crippen molar-refractivity contribution in [3.63, 3.8) is 0 Å². The number of fused-ring (bicyclic) bond motifs is 1. The Kier molecular flexibility index (Phi) is 5.61. The first kappa shape index (κ1) is 19.9. The Hall–Kier alpha value is -1.88. The molecule has 3 aromatic rings. The molecule has 1 aromatic carbocycles. The Morgan fingerprint density at radius 2 is 2.04 bits per heavy atom. The van der Waals surface area contributed by atoms with Crippen LogP contribution in [0, 0.1) is 13.8 Å². The maximum atomic E-state index is 12.6. The molecule has 1 amide bonds. The lowest BCUT2D eigenvalue weighted by molar-refractivity contribution is 0.100. The van der Waals surface area contributed by atoms with Gasteiger partial charge in [-0.1, -0.05) is 11.3 Å². The molecular formula is C17H19N3O4S3. The standard InChI is InChI=1S/C17H19N3O4S3/c1-10-15(25-11(2)18-10)16(21)19-17-20(7-8-24-3)13-6-5-12(27(4,22)23)9-14(13)26-17/h5-6,9H,7-8H2,1-4H3. The van der Waals surface area contributed by atoms with E-state index in [1.165, 1.54) is 28.9 Å². The van der Waals surface area contributed by atoms with Gasteiger partial charge >= 0.3 is 0 Å². The molecule has 7 nitrogen and oxygen atoms in total. The summed E-state index contributed by atoms with van der Waals surface area (Å²) in [5, 5.41) is 0.812. The van der Waals surface area contributed by atoms with E-state index in [1.807, 2.05) is 11.5 Å². The number of nitrogens with zero attached hydrogens (tertiary/aromatic N) is 3. The molecule has 0 N–H and O–H groups in total. The van der Waals surface area contributed by atoms with Gasteiger partial charge in [0.1, 0.15) is 4.88 Å². The Morgan fingerprint density at radius 3 is 2.63 bits per heavy atom. The second-order valence-electron chi connectivity index (χ2n) is 6.00. The van der Waals surface area contributed by atoms with Crippen LogP contribution in [0.3, 0.4) is 0 Å². The first-order valence-corrected chi connectivity index (χ1v) is 11.6. The van der Waals surface area contributed by atoms with Crippen molar-refractivity contribution in [3.8, 4) is 0 Å². The first-order valence-electron chi connectivity index (χ1n) is 8.06. The van der Waals surface area contributed by atoms with Crippen LogP contribution in [0.1, 0.15) is 20.4 Å². The Labute approximate surface area is 164 Å². The summed E-state index contributed by atoms with van der Waals surface area (Å²) < 4.78 is 31.5. The molecule has 0 radical (unpaired) electrons. The molecule has 0 aliphatic heterocycles. The number of aryl methyl sites for hydroxylation is 2. The minimum Gasteiger partial charge on any atom is -0.383 e. The molecule has 0 atom stereocenters. The van der Waals surface area contributed by atoms with E-state index in [0.29, 0.717) is 28.5 Å². The minimum atomic E-state index is -3.32. The number of rotatable bonds is 5. The van der Waals surface area contributed by atoms with Gasteiger partial charge in [0.05, 0.1) is 32.4 Å². The topological polar surface area (TPSA) is 90.6 Å². The van der Waals surface area contributed by atoms with E-state index in [1.54, 1.807) is 32.2 Å². The van der Waals surface area contributed by atoms with Gasteiger partial charge in [-0.3, -0.25) is 4.79 Å². The van der Waals surface area contributed by atoms with Crippen LogP contribution >= 0.6 is 22.7 Å². The summed E-state index contributed by atoms with van der Waals surface area (Å²) in [6.45, 7) is 4.58.